The summed E-state index contributed by atoms with van der Waals surface area (Å²) in [6, 6.07) is 5.50. The summed E-state index contributed by atoms with van der Waals surface area (Å²) in [5, 5.41) is 3.04. The Morgan fingerprint density at radius 3 is 2.77 bits per heavy atom. The number of hydrogen-bond donors (Lipinski definition) is 1. The maximum Gasteiger partial charge on any atom is 0.225 e. The highest BCUT2D eigenvalue weighted by Crippen LogP contribution is 2.33. The number of nitrogens with one attached hydrogen (secondary N) is 1. The molecule has 2 amide bonds. The average Bonchev–Trinajstić information content (AvgIpc) is 3.37. The van der Waals surface area contributed by atoms with Crippen LogP contribution in [0.2, 0.25) is 0 Å². The number of carbonyl (C=O) groups is 2. The lowest BCUT2D eigenvalue weighted by Crippen LogP contribution is -2.35. The van der Waals surface area contributed by atoms with Crippen LogP contribution in [-0.4, -0.2) is 43.5 Å². The lowest BCUT2D eigenvalue weighted by atomic mass is 10.0. The molecule has 1 aromatic carbocycles. The van der Waals surface area contributed by atoms with Crippen molar-refractivity contribution >= 4 is 11.8 Å². The molecule has 6 nitrogen and oxygen atoms in total. The maximum atomic E-state index is 12.6. The maximum absolute atomic E-state index is 12.6. The van der Waals surface area contributed by atoms with Gasteiger partial charge in [0.15, 0.2) is 11.5 Å². The van der Waals surface area contributed by atoms with Gasteiger partial charge in [-0.1, -0.05) is 6.07 Å². The number of likely N-dealkylation sites (tertiary alicyclic amines) is 1. The normalized spacial score (nSPS) is 20.8. The largest absolute Gasteiger partial charge is 0.493 e. The molecule has 0 spiro atoms. The summed E-state index contributed by atoms with van der Waals surface area (Å²) in [7, 11) is 1.60. The minimum Gasteiger partial charge on any atom is -0.493 e. The zero-order valence-electron chi connectivity index (χ0n) is 15.8. The van der Waals surface area contributed by atoms with Crippen LogP contribution in [0.15, 0.2) is 18.2 Å². The lowest BCUT2D eigenvalue weighted by molar-refractivity contribution is -0.129. The van der Waals surface area contributed by atoms with E-state index in [1.807, 2.05) is 36.9 Å². The first kappa shape index (κ1) is 18.5. The zero-order valence-corrected chi connectivity index (χ0v) is 15.8. The van der Waals surface area contributed by atoms with Gasteiger partial charge in [0.2, 0.25) is 11.8 Å². The molecule has 1 aliphatic carbocycles. The quantitative estimate of drug-likeness (QED) is 0.774. The van der Waals surface area contributed by atoms with E-state index in [0.29, 0.717) is 37.0 Å². The molecule has 0 aromatic heterocycles. The van der Waals surface area contributed by atoms with Crippen molar-refractivity contribution in [3.8, 4) is 11.5 Å². The molecule has 0 bridgehead atoms. The van der Waals surface area contributed by atoms with E-state index in [4.69, 9.17) is 9.47 Å². The second-order valence-corrected chi connectivity index (χ2v) is 7.22. The van der Waals surface area contributed by atoms with Gasteiger partial charge >= 0.3 is 0 Å². The molecular weight excluding hydrogens is 332 g/mol. The summed E-state index contributed by atoms with van der Waals surface area (Å²) in [6.45, 7) is 5.78. The smallest absolute Gasteiger partial charge is 0.225 e. The monoisotopic (exact) mass is 360 g/mol. The van der Waals surface area contributed by atoms with Crippen LogP contribution in [0.1, 0.15) is 44.7 Å². The minimum absolute atomic E-state index is 0.0583. The van der Waals surface area contributed by atoms with Gasteiger partial charge in [0.25, 0.3) is 0 Å². The Morgan fingerprint density at radius 1 is 1.35 bits per heavy atom. The first-order valence-electron chi connectivity index (χ1n) is 9.40. The summed E-state index contributed by atoms with van der Waals surface area (Å²) >= 11 is 0. The number of hydrogen-bond acceptors (Lipinski definition) is 4. The molecule has 1 heterocycles. The molecule has 1 aliphatic heterocycles. The van der Waals surface area contributed by atoms with Crippen molar-refractivity contribution in [2.75, 3.05) is 26.8 Å². The van der Waals surface area contributed by atoms with Crippen molar-refractivity contribution in [2.24, 2.45) is 11.8 Å². The molecule has 2 unspecified atom stereocenters. The molecule has 1 N–H and O–H groups in total. The highest BCUT2D eigenvalue weighted by Gasteiger charge is 2.37. The van der Waals surface area contributed by atoms with Gasteiger partial charge in [-0.3, -0.25) is 9.59 Å². The van der Waals surface area contributed by atoms with Crippen LogP contribution >= 0.6 is 0 Å². The number of benzene rings is 1. The third kappa shape index (κ3) is 4.29. The number of carbonyl (C=O) groups excluding carboxylic acids is 2. The molecule has 0 radical (unpaired) electrons. The lowest BCUT2D eigenvalue weighted by Gasteiger charge is -2.19. The molecule has 26 heavy (non-hydrogen) atoms. The second-order valence-electron chi connectivity index (χ2n) is 7.22. The molecule has 142 valence electrons. The molecule has 2 aliphatic rings. The van der Waals surface area contributed by atoms with Gasteiger partial charge in [-0.2, -0.15) is 0 Å². The van der Waals surface area contributed by atoms with Gasteiger partial charge in [-0.05, 0) is 50.3 Å². The summed E-state index contributed by atoms with van der Waals surface area (Å²) in [4.78, 5) is 26.6. The topological polar surface area (TPSA) is 67.9 Å². The van der Waals surface area contributed by atoms with E-state index in [9.17, 15) is 9.59 Å². The SMILES string of the molecule is CCOc1ccc(C(C)NC(=O)C2CC(=O)N(CC3CC3)C2)cc1OC. The van der Waals surface area contributed by atoms with Crippen LogP contribution in [0.4, 0.5) is 0 Å². The van der Waals surface area contributed by atoms with Crippen LogP contribution in [0.5, 0.6) is 11.5 Å². The Balaban J connectivity index is 1.59. The van der Waals surface area contributed by atoms with Crippen molar-refractivity contribution in [3.05, 3.63) is 23.8 Å². The zero-order chi connectivity index (χ0) is 18.7. The highest BCUT2D eigenvalue weighted by atomic mass is 16.5. The summed E-state index contributed by atoms with van der Waals surface area (Å²) in [5.41, 5.74) is 0.942. The first-order valence-corrected chi connectivity index (χ1v) is 9.40. The number of nitrogens with zero attached hydrogens (tertiary/aromatic N) is 1. The van der Waals surface area contributed by atoms with Gasteiger partial charge in [0.1, 0.15) is 0 Å². The molecule has 1 aromatic rings. The Hall–Kier alpha value is -2.24. The molecule has 1 saturated carbocycles. The van der Waals surface area contributed by atoms with Crippen molar-refractivity contribution in [3.63, 3.8) is 0 Å². The molecule has 6 heteroatoms. The van der Waals surface area contributed by atoms with Crippen molar-refractivity contribution in [1.29, 1.82) is 0 Å². The summed E-state index contributed by atoms with van der Waals surface area (Å²) in [6.07, 6.45) is 2.73. The van der Waals surface area contributed by atoms with E-state index in [0.717, 1.165) is 12.1 Å². The predicted molar refractivity (Wildman–Crippen MR) is 98.1 cm³/mol. The third-order valence-corrected chi connectivity index (χ3v) is 5.11. The second kappa shape index (κ2) is 7.98. The highest BCUT2D eigenvalue weighted by molar-refractivity contribution is 5.89. The van der Waals surface area contributed by atoms with E-state index in [2.05, 4.69) is 5.32 Å². The Morgan fingerprint density at radius 2 is 2.12 bits per heavy atom. The fourth-order valence-corrected chi connectivity index (χ4v) is 3.38. The summed E-state index contributed by atoms with van der Waals surface area (Å²) in [5.74, 6) is 1.78. The number of methoxy groups -OCH3 is 1. The van der Waals surface area contributed by atoms with E-state index >= 15 is 0 Å². The average molecular weight is 360 g/mol. The number of amides is 2. The summed E-state index contributed by atoms with van der Waals surface area (Å²) < 4.78 is 10.9. The molecular formula is C20H28N2O4. The predicted octanol–water partition coefficient (Wildman–Crippen LogP) is 2.53. The van der Waals surface area contributed by atoms with Gasteiger partial charge in [0, 0.05) is 19.5 Å². The minimum atomic E-state index is -0.256. The van der Waals surface area contributed by atoms with Crippen LogP contribution in [0.3, 0.4) is 0 Å². The number of ether oxygens (including phenoxy) is 2. The standard InChI is InChI=1S/C20H28N2O4/c1-4-26-17-8-7-15(9-18(17)25-3)13(2)21-20(24)16-10-19(23)22(12-16)11-14-5-6-14/h7-9,13-14,16H,4-6,10-12H2,1-3H3,(H,21,24). The van der Waals surface area contributed by atoms with Gasteiger partial charge in [-0.25, -0.2) is 0 Å². The first-order chi connectivity index (χ1) is 12.5. The molecule has 3 rings (SSSR count). The van der Waals surface area contributed by atoms with E-state index in [1.165, 1.54) is 12.8 Å². The van der Waals surface area contributed by atoms with Crippen LogP contribution in [0.25, 0.3) is 0 Å². The Labute approximate surface area is 154 Å². The van der Waals surface area contributed by atoms with Crippen LogP contribution in [0, 0.1) is 11.8 Å². The van der Waals surface area contributed by atoms with Crippen molar-refractivity contribution < 1.29 is 19.1 Å². The van der Waals surface area contributed by atoms with E-state index in [1.54, 1.807) is 7.11 Å². The van der Waals surface area contributed by atoms with E-state index < -0.39 is 0 Å². The van der Waals surface area contributed by atoms with Gasteiger partial charge < -0.3 is 19.7 Å². The Bertz CT molecular complexity index is 672. The van der Waals surface area contributed by atoms with Crippen LogP contribution < -0.4 is 14.8 Å². The van der Waals surface area contributed by atoms with Crippen molar-refractivity contribution in [1.82, 2.24) is 10.2 Å². The van der Waals surface area contributed by atoms with Crippen LogP contribution in [-0.2, 0) is 9.59 Å². The van der Waals surface area contributed by atoms with Crippen molar-refractivity contribution in [2.45, 2.75) is 39.2 Å². The Kier molecular flexibility index (Phi) is 5.69. The third-order valence-electron chi connectivity index (χ3n) is 5.11. The van der Waals surface area contributed by atoms with Gasteiger partial charge in [0.05, 0.1) is 25.7 Å². The molecule has 1 saturated heterocycles. The fourth-order valence-electron chi connectivity index (χ4n) is 3.38. The molecule has 2 fully saturated rings. The molecule has 2 atom stereocenters. The van der Waals surface area contributed by atoms with E-state index in [-0.39, 0.29) is 23.8 Å². The van der Waals surface area contributed by atoms with Gasteiger partial charge in [-0.15, -0.1) is 0 Å². The fraction of sp³-hybridized carbons (Fsp3) is 0.600. The number of rotatable bonds is 8.